The van der Waals surface area contributed by atoms with E-state index >= 15 is 0 Å². The van der Waals surface area contributed by atoms with E-state index in [2.05, 4.69) is 10.6 Å². The molecule has 1 atom stereocenters. The summed E-state index contributed by atoms with van der Waals surface area (Å²) in [7, 11) is 4.55. The molecule has 4 amide bonds. The second kappa shape index (κ2) is 9.17. The van der Waals surface area contributed by atoms with E-state index in [9.17, 15) is 14.4 Å². The maximum Gasteiger partial charge on any atom is 0.325 e. The number of carbonyl (C=O) groups is 3. The summed E-state index contributed by atoms with van der Waals surface area (Å²) in [5, 5.41) is 5.46. The summed E-state index contributed by atoms with van der Waals surface area (Å²) in [6.45, 7) is 3.23. The van der Waals surface area contributed by atoms with Crippen molar-refractivity contribution in [1.29, 1.82) is 0 Å². The summed E-state index contributed by atoms with van der Waals surface area (Å²) in [6.07, 6.45) is 0.325. The van der Waals surface area contributed by atoms with Crippen LogP contribution in [0.1, 0.15) is 24.5 Å². The van der Waals surface area contributed by atoms with E-state index in [4.69, 9.17) is 14.2 Å². The van der Waals surface area contributed by atoms with Crippen molar-refractivity contribution in [3.8, 4) is 17.2 Å². The average molecular weight is 441 g/mol. The lowest BCUT2D eigenvalue weighted by molar-refractivity contribution is -0.134. The van der Waals surface area contributed by atoms with Crippen LogP contribution in [0.2, 0.25) is 0 Å². The number of hydrogen-bond acceptors (Lipinski definition) is 6. The number of aryl methyl sites for hydroxylation is 1. The van der Waals surface area contributed by atoms with Gasteiger partial charge in [0.1, 0.15) is 29.3 Å². The number of amides is 4. The highest BCUT2D eigenvalue weighted by Gasteiger charge is 2.51. The number of imide groups is 1. The van der Waals surface area contributed by atoms with Gasteiger partial charge in [0.2, 0.25) is 5.91 Å². The average Bonchev–Trinajstić information content (AvgIpc) is 3.03. The Morgan fingerprint density at radius 2 is 1.72 bits per heavy atom. The minimum absolute atomic E-state index is 0.325. The summed E-state index contributed by atoms with van der Waals surface area (Å²) in [5.74, 6) is 0.601. The number of anilines is 1. The largest absolute Gasteiger partial charge is 0.497 e. The van der Waals surface area contributed by atoms with E-state index in [1.165, 1.54) is 14.2 Å². The molecule has 1 heterocycles. The topological polar surface area (TPSA) is 106 Å². The van der Waals surface area contributed by atoms with E-state index in [1.54, 1.807) is 37.4 Å². The molecule has 2 aromatic carbocycles. The first-order chi connectivity index (χ1) is 15.3. The van der Waals surface area contributed by atoms with Crippen molar-refractivity contribution in [2.75, 3.05) is 33.2 Å². The van der Waals surface area contributed by atoms with Crippen LogP contribution >= 0.6 is 0 Å². The van der Waals surface area contributed by atoms with E-state index in [1.807, 2.05) is 19.9 Å². The normalized spacial score (nSPS) is 17.7. The highest BCUT2D eigenvalue weighted by atomic mass is 16.5. The minimum Gasteiger partial charge on any atom is -0.497 e. The van der Waals surface area contributed by atoms with Crippen molar-refractivity contribution >= 4 is 23.5 Å². The molecule has 0 aromatic heterocycles. The third-order valence-electron chi connectivity index (χ3n) is 5.58. The van der Waals surface area contributed by atoms with Gasteiger partial charge in [0.05, 0.1) is 27.0 Å². The van der Waals surface area contributed by atoms with Gasteiger partial charge in [-0.3, -0.25) is 14.5 Å². The molecular formula is C23H27N3O6. The van der Waals surface area contributed by atoms with E-state index in [0.717, 1.165) is 10.5 Å². The standard InChI is InChI=1S/C23H27N3O6/c1-6-23(15-7-9-18(31-4)14(2)11-15)21(28)26(22(29)25-23)13-20(27)24-17-12-16(30-3)8-10-19(17)32-5/h7-12H,6,13H2,1-5H3,(H,24,27)(H,25,29). The van der Waals surface area contributed by atoms with Crippen LogP contribution in [-0.4, -0.2) is 50.6 Å². The molecule has 1 fully saturated rings. The summed E-state index contributed by atoms with van der Waals surface area (Å²) in [6, 6.07) is 9.63. The first-order valence-electron chi connectivity index (χ1n) is 10.1. The Labute approximate surface area is 186 Å². The van der Waals surface area contributed by atoms with Crippen LogP contribution in [0.25, 0.3) is 0 Å². The molecule has 0 aliphatic carbocycles. The Bertz CT molecular complexity index is 1050. The summed E-state index contributed by atoms with van der Waals surface area (Å²) in [5.41, 5.74) is 0.592. The van der Waals surface area contributed by atoms with Gasteiger partial charge in [-0.1, -0.05) is 13.0 Å². The van der Waals surface area contributed by atoms with Crippen LogP contribution in [0.15, 0.2) is 36.4 Å². The first kappa shape index (κ1) is 22.9. The highest BCUT2D eigenvalue weighted by Crippen LogP contribution is 2.35. The lowest BCUT2D eigenvalue weighted by atomic mass is 9.86. The molecular weight excluding hydrogens is 414 g/mol. The van der Waals surface area contributed by atoms with Crippen molar-refractivity contribution in [3.05, 3.63) is 47.5 Å². The van der Waals surface area contributed by atoms with Crippen LogP contribution < -0.4 is 24.8 Å². The molecule has 0 bridgehead atoms. The Morgan fingerprint density at radius 3 is 2.31 bits per heavy atom. The third-order valence-corrected chi connectivity index (χ3v) is 5.58. The zero-order valence-corrected chi connectivity index (χ0v) is 18.8. The number of ether oxygens (including phenoxy) is 3. The fourth-order valence-corrected chi connectivity index (χ4v) is 3.80. The summed E-state index contributed by atoms with van der Waals surface area (Å²) >= 11 is 0. The van der Waals surface area contributed by atoms with Gasteiger partial charge in [0.25, 0.3) is 5.91 Å². The molecule has 2 N–H and O–H groups in total. The van der Waals surface area contributed by atoms with E-state index < -0.39 is 29.9 Å². The van der Waals surface area contributed by atoms with Gasteiger partial charge in [0, 0.05) is 6.07 Å². The fourth-order valence-electron chi connectivity index (χ4n) is 3.80. The van der Waals surface area contributed by atoms with Crippen LogP contribution in [0.3, 0.4) is 0 Å². The second-order valence-electron chi connectivity index (χ2n) is 7.38. The second-order valence-corrected chi connectivity index (χ2v) is 7.38. The Morgan fingerprint density at radius 1 is 1.03 bits per heavy atom. The van der Waals surface area contributed by atoms with Crippen molar-refractivity contribution < 1.29 is 28.6 Å². The highest BCUT2D eigenvalue weighted by molar-refractivity contribution is 6.10. The number of nitrogens with zero attached hydrogens (tertiary/aromatic N) is 1. The van der Waals surface area contributed by atoms with Gasteiger partial charge in [-0.05, 0) is 48.7 Å². The van der Waals surface area contributed by atoms with Crippen molar-refractivity contribution in [2.45, 2.75) is 25.8 Å². The number of carbonyl (C=O) groups excluding carboxylic acids is 3. The predicted octanol–water partition coefficient (Wildman–Crippen LogP) is 2.82. The van der Waals surface area contributed by atoms with Crippen LogP contribution in [0, 0.1) is 6.92 Å². The number of methoxy groups -OCH3 is 3. The molecule has 0 spiro atoms. The lowest BCUT2D eigenvalue weighted by Crippen LogP contribution is -2.44. The van der Waals surface area contributed by atoms with Crippen molar-refractivity contribution in [1.82, 2.24) is 10.2 Å². The molecule has 1 unspecified atom stereocenters. The molecule has 0 saturated carbocycles. The molecule has 1 aliphatic rings. The molecule has 9 heteroatoms. The SMILES string of the molecule is CCC1(c2ccc(OC)c(C)c2)NC(=O)N(CC(=O)Nc2cc(OC)ccc2OC)C1=O. The van der Waals surface area contributed by atoms with Gasteiger partial charge in [-0.2, -0.15) is 0 Å². The van der Waals surface area contributed by atoms with Crippen molar-refractivity contribution in [3.63, 3.8) is 0 Å². The molecule has 2 aromatic rings. The number of benzene rings is 2. The first-order valence-corrected chi connectivity index (χ1v) is 10.1. The maximum absolute atomic E-state index is 13.3. The number of rotatable bonds is 8. The molecule has 1 aliphatic heterocycles. The van der Waals surface area contributed by atoms with Crippen LogP contribution in [0.4, 0.5) is 10.5 Å². The minimum atomic E-state index is -1.25. The molecule has 9 nitrogen and oxygen atoms in total. The van der Waals surface area contributed by atoms with Crippen LogP contribution in [-0.2, 0) is 15.1 Å². The molecule has 170 valence electrons. The molecule has 3 rings (SSSR count). The zero-order chi connectivity index (χ0) is 23.5. The maximum atomic E-state index is 13.3. The molecule has 32 heavy (non-hydrogen) atoms. The van der Waals surface area contributed by atoms with Gasteiger partial charge in [0.15, 0.2) is 0 Å². The van der Waals surface area contributed by atoms with Gasteiger partial charge >= 0.3 is 6.03 Å². The predicted molar refractivity (Wildman–Crippen MR) is 118 cm³/mol. The summed E-state index contributed by atoms with van der Waals surface area (Å²) in [4.78, 5) is 39.7. The Hall–Kier alpha value is -3.75. The molecule has 1 saturated heterocycles. The number of urea groups is 1. The van der Waals surface area contributed by atoms with Gasteiger partial charge < -0.3 is 24.8 Å². The number of hydrogen-bond donors (Lipinski definition) is 2. The fraction of sp³-hybridized carbons (Fsp3) is 0.348. The Balaban J connectivity index is 1.83. The summed E-state index contributed by atoms with van der Waals surface area (Å²) < 4.78 is 15.7. The van der Waals surface area contributed by atoms with Crippen LogP contribution in [0.5, 0.6) is 17.2 Å². The molecule has 0 radical (unpaired) electrons. The van der Waals surface area contributed by atoms with E-state index in [0.29, 0.717) is 34.9 Å². The van der Waals surface area contributed by atoms with Gasteiger partial charge in [-0.15, -0.1) is 0 Å². The quantitative estimate of drug-likeness (QED) is 0.610. The zero-order valence-electron chi connectivity index (χ0n) is 18.8. The Kier molecular flexibility index (Phi) is 6.57. The monoisotopic (exact) mass is 441 g/mol. The van der Waals surface area contributed by atoms with E-state index in [-0.39, 0.29) is 0 Å². The number of nitrogens with one attached hydrogen (secondary N) is 2. The third kappa shape index (κ3) is 4.05. The smallest absolute Gasteiger partial charge is 0.325 e. The lowest BCUT2D eigenvalue weighted by Gasteiger charge is -2.26. The van der Waals surface area contributed by atoms with Crippen molar-refractivity contribution in [2.24, 2.45) is 0 Å². The van der Waals surface area contributed by atoms with Gasteiger partial charge in [-0.25, -0.2) is 4.79 Å².